The van der Waals surface area contributed by atoms with Crippen LogP contribution in [0.5, 0.6) is 11.5 Å². The van der Waals surface area contributed by atoms with Crippen LogP contribution in [0.15, 0.2) is 30.5 Å². The molecule has 7 nitrogen and oxygen atoms in total. The maximum absolute atomic E-state index is 5.43. The van der Waals surface area contributed by atoms with E-state index in [-0.39, 0.29) is 0 Å². The Morgan fingerprint density at radius 1 is 1.00 bits per heavy atom. The normalized spacial score (nSPS) is 10.7. The molecule has 3 rings (SSSR count). The van der Waals surface area contributed by atoms with E-state index in [0.29, 0.717) is 17.3 Å². The molecule has 0 spiro atoms. The van der Waals surface area contributed by atoms with Gasteiger partial charge in [0, 0.05) is 17.3 Å². The molecule has 0 fully saturated rings. The van der Waals surface area contributed by atoms with Crippen LogP contribution in [0.3, 0.4) is 0 Å². The van der Waals surface area contributed by atoms with Crippen LogP contribution in [0, 0.1) is 0 Å². The Labute approximate surface area is 152 Å². The van der Waals surface area contributed by atoms with Crippen LogP contribution in [0.1, 0.15) is 31.7 Å². The summed E-state index contributed by atoms with van der Waals surface area (Å²) in [5.41, 5.74) is 3.95. The number of nitrogens with one attached hydrogen (secondary N) is 1. The van der Waals surface area contributed by atoms with Gasteiger partial charge in [0.1, 0.15) is 0 Å². The first-order valence-electron chi connectivity index (χ1n) is 8.72. The average Bonchev–Trinajstić information content (AvgIpc) is 3.22. The lowest BCUT2D eigenvalue weighted by atomic mass is 9.99. The van der Waals surface area contributed by atoms with Crippen molar-refractivity contribution in [3.8, 4) is 34.1 Å². The fraction of sp³-hybridized carbons (Fsp3) is 0.368. The number of benzene rings is 1. The fourth-order valence-electron chi connectivity index (χ4n) is 2.92. The molecule has 0 amide bonds. The van der Waals surface area contributed by atoms with Gasteiger partial charge in [0.2, 0.25) is 5.82 Å². The van der Waals surface area contributed by atoms with E-state index in [1.807, 2.05) is 18.2 Å². The lowest BCUT2D eigenvalue weighted by Crippen LogP contribution is -1.98. The zero-order chi connectivity index (χ0) is 18.4. The molecule has 136 valence electrons. The lowest BCUT2D eigenvalue weighted by Gasteiger charge is -2.13. The van der Waals surface area contributed by atoms with Gasteiger partial charge in [-0.1, -0.05) is 19.8 Å². The molecule has 0 atom stereocenters. The Morgan fingerprint density at radius 3 is 2.54 bits per heavy atom. The predicted octanol–water partition coefficient (Wildman–Crippen LogP) is 3.68. The third-order valence-corrected chi connectivity index (χ3v) is 4.28. The van der Waals surface area contributed by atoms with Crippen molar-refractivity contribution in [2.24, 2.45) is 0 Å². The minimum Gasteiger partial charge on any atom is -0.493 e. The number of aromatic nitrogens is 5. The Kier molecular flexibility index (Phi) is 5.78. The number of pyridine rings is 1. The van der Waals surface area contributed by atoms with E-state index in [9.17, 15) is 0 Å². The predicted molar refractivity (Wildman–Crippen MR) is 99.2 cm³/mol. The van der Waals surface area contributed by atoms with Crippen molar-refractivity contribution in [2.75, 3.05) is 14.2 Å². The Hall–Kier alpha value is -2.96. The van der Waals surface area contributed by atoms with Crippen LogP contribution in [0.25, 0.3) is 22.6 Å². The molecule has 3 aromatic rings. The Morgan fingerprint density at radius 2 is 1.85 bits per heavy atom. The van der Waals surface area contributed by atoms with Gasteiger partial charge in [0.25, 0.3) is 0 Å². The van der Waals surface area contributed by atoms with Gasteiger partial charge in [0.05, 0.1) is 19.9 Å². The number of nitrogens with zero attached hydrogens (tertiary/aromatic N) is 4. The summed E-state index contributed by atoms with van der Waals surface area (Å²) in [5.74, 6) is 1.94. The molecule has 2 heterocycles. The minimum atomic E-state index is 0.549. The molecule has 26 heavy (non-hydrogen) atoms. The maximum atomic E-state index is 5.43. The van der Waals surface area contributed by atoms with Gasteiger partial charge in [-0.3, -0.25) is 4.98 Å². The van der Waals surface area contributed by atoms with E-state index in [1.165, 1.54) is 12.8 Å². The Bertz CT molecular complexity index is 849. The number of hydrogen-bond acceptors (Lipinski definition) is 6. The highest BCUT2D eigenvalue weighted by Crippen LogP contribution is 2.34. The molecule has 1 aromatic carbocycles. The number of rotatable bonds is 8. The molecular weight excluding hydrogens is 330 g/mol. The smallest absolute Gasteiger partial charge is 0.206 e. The van der Waals surface area contributed by atoms with E-state index in [0.717, 1.165) is 35.2 Å². The molecule has 7 heteroatoms. The minimum absolute atomic E-state index is 0.549. The van der Waals surface area contributed by atoms with Crippen LogP contribution in [0.4, 0.5) is 0 Å². The molecule has 0 saturated carbocycles. The van der Waals surface area contributed by atoms with Gasteiger partial charge < -0.3 is 9.47 Å². The summed E-state index contributed by atoms with van der Waals surface area (Å²) in [6.45, 7) is 2.20. The number of aromatic amines is 1. The van der Waals surface area contributed by atoms with Crippen LogP contribution in [0.2, 0.25) is 0 Å². The first kappa shape index (κ1) is 17.8. The first-order chi connectivity index (χ1) is 12.8. The lowest BCUT2D eigenvalue weighted by molar-refractivity contribution is 0.355. The molecule has 0 aliphatic heterocycles. The topological polar surface area (TPSA) is 85.8 Å². The quantitative estimate of drug-likeness (QED) is 0.622. The fourth-order valence-corrected chi connectivity index (χ4v) is 2.92. The van der Waals surface area contributed by atoms with Crippen molar-refractivity contribution < 1.29 is 9.47 Å². The summed E-state index contributed by atoms with van der Waals surface area (Å²) in [4.78, 5) is 4.70. The second-order valence-corrected chi connectivity index (χ2v) is 5.99. The van der Waals surface area contributed by atoms with Crippen molar-refractivity contribution >= 4 is 0 Å². The molecule has 0 aliphatic carbocycles. The zero-order valence-electron chi connectivity index (χ0n) is 15.3. The third-order valence-electron chi connectivity index (χ3n) is 4.28. The second kappa shape index (κ2) is 8.42. The van der Waals surface area contributed by atoms with E-state index in [4.69, 9.17) is 14.5 Å². The van der Waals surface area contributed by atoms with Crippen molar-refractivity contribution in [1.29, 1.82) is 0 Å². The van der Waals surface area contributed by atoms with Crippen LogP contribution in [-0.4, -0.2) is 39.8 Å². The van der Waals surface area contributed by atoms with Gasteiger partial charge in [-0.25, -0.2) is 0 Å². The average molecular weight is 353 g/mol. The van der Waals surface area contributed by atoms with Gasteiger partial charge in [-0.15, -0.1) is 10.2 Å². The molecule has 0 unspecified atom stereocenters. The van der Waals surface area contributed by atoms with Crippen molar-refractivity contribution in [1.82, 2.24) is 25.6 Å². The molecule has 0 saturated heterocycles. The second-order valence-electron chi connectivity index (χ2n) is 5.99. The summed E-state index contributed by atoms with van der Waals surface area (Å²) >= 11 is 0. The molecule has 2 aromatic heterocycles. The van der Waals surface area contributed by atoms with E-state index in [1.54, 1.807) is 20.4 Å². The van der Waals surface area contributed by atoms with Crippen LogP contribution >= 0.6 is 0 Å². The number of methoxy groups -OCH3 is 2. The highest BCUT2D eigenvalue weighted by Gasteiger charge is 2.14. The number of unbranched alkanes of at least 4 members (excludes halogenated alkanes) is 2. The van der Waals surface area contributed by atoms with Crippen LogP contribution < -0.4 is 9.47 Å². The number of aryl methyl sites for hydroxylation is 1. The third kappa shape index (κ3) is 3.82. The van der Waals surface area contributed by atoms with E-state index in [2.05, 4.69) is 33.6 Å². The van der Waals surface area contributed by atoms with Gasteiger partial charge in [-0.05, 0) is 47.9 Å². The SMILES string of the molecule is CCCCCc1cc(-c2nn[nH]n2)cnc1-c1ccc(OC)c(OC)c1. The number of ether oxygens (including phenoxy) is 2. The summed E-state index contributed by atoms with van der Waals surface area (Å²) in [7, 11) is 3.27. The summed E-state index contributed by atoms with van der Waals surface area (Å²) in [6, 6.07) is 7.96. The number of hydrogen-bond donors (Lipinski definition) is 1. The summed E-state index contributed by atoms with van der Waals surface area (Å²) in [6.07, 6.45) is 6.17. The van der Waals surface area contributed by atoms with E-state index < -0.39 is 0 Å². The van der Waals surface area contributed by atoms with Gasteiger partial charge >= 0.3 is 0 Å². The number of H-pyrrole nitrogens is 1. The molecular formula is C19H23N5O2. The highest BCUT2D eigenvalue weighted by molar-refractivity contribution is 5.69. The summed E-state index contributed by atoms with van der Waals surface area (Å²) < 4.78 is 10.8. The summed E-state index contributed by atoms with van der Waals surface area (Å²) in [5, 5.41) is 14.2. The van der Waals surface area contributed by atoms with Crippen molar-refractivity contribution in [3.05, 3.63) is 36.0 Å². The van der Waals surface area contributed by atoms with Crippen molar-refractivity contribution in [2.45, 2.75) is 32.6 Å². The Balaban J connectivity index is 2.02. The molecule has 0 bridgehead atoms. The number of tetrazole rings is 1. The van der Waals surface area contributed by atoms with Crippen molar-refractivity contribution in [3.63, 3.8) is 0 Å². The van der Waals surface area contributed by atoms with Gasteiger partial charge in [0.15, 0.2) is 11.5 Å². The van der Waals surface area contributed by atoms with Gasteiger partial charge in [-0.2, -0.15) is 5.21 Å². The monoisotopic (exact) mass is 353 g/mol. The highest BCUT2D eigenvalue weighted by atomic mass is 16.5. The van der Waals surface area contributed by atoms with E-state index >= 15 is 0 Å². The largest absolute Gasteiger partial charge is 0.493 e. The maximum Gasteiger partial charge on any atom is 0.206 e. The molecule has 0 radical (unpaired) electrons. The first-order valence-corrected chi connectivity index (χ1v) is 8.72. The standard InChI is InChI=1S/C19H23N5O2/c1-4-5-6-7-13-10-15(19-21-23-24-22-19)12-20-18(13)14-8-9-16(25-2)17(11-14)26-3/h8-12H,4-7H2,1-3H3,(H,21,22,23,24). The molecule has 1 N–H and O–H groups in total. The molecule has 0 aliphatic rings. The van der Waals surface area contributed by atoms with Crippen LogP contribution in [-0.2, 0) is 6.42 Å². The zero-order valence-corrected chi connectivity index (χ0v) is 15.3.